The molecule has 4 rings (SSSR count). The van der Waals surface area contributed by atoms with Crippen molar-refractivity contribution in [1.82, 2.24) is 14.9 Å². The maximum Gasteiger partial charge on any atom is 0.318 e. The summed E-state index contributed by atoms with van der Waals surface area (Å²) in [6.07, 6.45) is 3.62. The Hall–Kier alpha value is -2.65. The standard InChI is InChI=1S/C23H26N4O3S2/c1-13-8-9-16-17(12-13)32-20-18(16)21(29)27(11-10-15-6-4-3-5-7-15)23(26-20)31-14(2)19(28)25-22(24)30/h3-7,13-14H,8-12H2,1-2H3,(H3,24,25,28,30)/t13-,14+/m0/s1. The van der Waals surface area contributed by atoms with Crippen molar-refractivity contribution in [3.05, 3.63) is 56.7 Å². The molecule has 32 heavy (non-hydrogen) atoms. The third-order valence-corrected chi connectivity index (χ3v) is 7.98. The van der Waals surface area contributed by atoms with E-state index in [-0.39, 0.29) is 5.56 Å². The van der Waals surface area contributed by atoms with Crippen LogP contribution in [0.4, 0.5) is 4.79 Å². The molecule has 0 unspecified atom stereocenters. The number of aryl methyl sites for hydroxylation is 2. The van der Waals surface area contributed by atoms with Crippen molar-refractivity contribution in [1.29, 1.82) is 0 Å². The Morgan fingerprint density at radius 3 is 2.81 bits per heavy atom. The van der Waals surface area contributed by atoms with Gasteiger partial charge in [-0.15, -0.1) is 11.3 Å². The molecule has 0 fully saturated rings. The van der Waals surface area contributed by atoms with Gasteiger partial charge in [-0.3, -0.25) is 19.5 Å². The van der Waals surface area contributed by atoms with Gasteiger partial charge in [-0.05, 0) is 49.7 Å². The number of nitrogens with zero attached hydrogens (tertiary/aromatic N) is 2. The van der Waals surface area contributed by atoms with Crippen molar-refractivity contribution >= 4 is 45.3 Å². The third-order valence-electron chi connectivity index (χ3n) is 5.74. The summed E-state index contributed by atoms with van der Waals surface area (Å²) in [6.45, 7) is 4.36. The van der Waals surface area contributed by atoms with Crippen LogP contribution in [0.15, 0.2) is 40.3 Å². The summed E-state index contributed by atoms with van der Waals surface area (Å²) in [5, 5.41) is 2.68. The van der Waals surface area contributed by atoms with Gasteiger partial charge in [-0.2, -0.15) is 0 Å². The smallest absolute Gasteiger partial charge is 0.318 e. The van der Waals surface area contributed by atoms with Gasteiger partial charge in [0.15, 0.2) is 5.16 Å². The van der Waals surface area contributed by atoms with E-state index in [1.54, 1.807) is 22.8 Å². The number of carbonyl (C=O) groups excluding carboxylic acids is 2. The molecule has 0 spiro atoms. The van der Waals surface area contributed by atoms with E-state index >= 15 is 0 Å². The number of thioether (sulfide) groups is 1. The number of nitrogens with one attached hydrogen (secondary N) is 1. The summed E-state index contributed by atoms with van der Waals surface area (Å²) in [5.41, 5.74) is 7.30. The average Bonchev–Trinajstić information content (AvgIpc) is 3.11. The lowest BCUT2D eigenvalue weighted by atomic mass is 9.89. The number of aromatic nitrogens is 2. The Labute approximate surface area is 194 Å². The van der Waals surface area contributed by atoms with Crippen LogP contribution >= 0.6 is 23.1 Å². The van der Waals surface area contributed by atoms with Crippen molar-refractivity contribution in [3.8, 4) is 0 Å². The number of carbonyl (C=O) groups is 2. The number of imide groups is 1. The fourth-order valence-corrected chi connectivity index (χ4v) is 6.37. The summed E-state index contributed by atoms with van der Waals surface area (Å²) >= 11 is 2.76. The molecule has 3 aromatic rings. The van der Waals surface area contributed by atoms with E-state index in [9.17, 15) is 14.4 Å². The van der Waals surface area contributed by atoms with Crippen LogP contribution in [0.5, 0.6) is 0 Å². The number of amides is 3. The quantitative estimate of drug-likeness (QED) is 0.424. The second-order valence-electron chi connectivity index (χ2n) is 8.23. The molecule has 2 atom stereocenters. The molecule has 3 N–H and O–H groups in total. The Kier molecular flexibility index (Phi) is 6.66. The first kappa shape index (κ1) is 22.5. The highest BCUT2D eigenvalue weighted by Crippen LogP contribution is 2.37. The number of fused-ring (bicyclic) bond motifs is 3. The predicted octanol–water partition coefficient (Wildman–Crippen LogP) is 3.50. The van der Waals surface area contributed by atoms with Crippen LogP contribution in [0.25, 0.3) is 10.2 Å². The zero-order valence-electron chi connectivity index (χ0n) is 18.1. The molecule has 0 bridgehead atoms. The van der Waals surface area contributed by atoms with E-state index in [0.717, 1.165) is 40.6 Å². The molecule has 0 saturated heterocycles. The number of hydrogen-bond acceptors (Lipinski definition) is 6. The lowest BCUT2D eigenvalue weighted by Gasteiger charge is -2.18. The lowest BCUT2D eigenvalue weighted by molar-refractivity contribution is -0.119. The van der Waals surface area contributed by atoms with Crippen molar-refractivity contribution in [2.75, 3.05) is 0 Å². The van der Waals surface area contributed by atoms with E-state index in [1.807, 2.05) is 30.3 Å². The zero-order valence-corrected chi connectivity index (χ0v) is 19.7. The van der Waals surface area contributed by atoms with Gasteiger partial charge in [-0.1, -0.05) is 49.0 Å². The molecule has 0 aliphatic heterocycles. The molecule has 2 aromatic heterocycles. The average molecular weight is 471 g/mol. The first-order valence-corrected chi connectivity index (χ1v) is 12.4. The highest BCUT2D eigenvalue weighted by Gasteiger charge is 2.26. The summed E-state index contributed by atoms with van der Waals surface area (Å²) in [6, 6.07) is 9.07. The Morgan fingerprint density at radius 2 is 2.09 bits per heavy atom. The fourth-order valence-electron chi connectivity index (χ4n) is 4.01. The third kappa shape index (κ3) is 4.73. The van der Waals surface area contributed by atoms with Gasteiger partial charge in [0.2, 0.25) is 5.91 Å². The highest BCUT2D eigenvalue weighted by molar-refractivity contribution is 8.00. The van der Waals surface area contributed by atoms with Crippen molar-refractivity contribution in [2.45, 2.75) is 56.5 Å². The molecule has 1 aliphatic rings. The van der Waals surface area contributed by atoms with Gasteiger partial charge in [0.25, 0.3) is 5.56 Å². The highest BCUT2D eigenvalue weighted by atomic mass is 32.2. The van der Waals surface area contributed by atoms with Gasteiger partial charge in [0.1, 0.15) is 4.83 Å². The van der Waals surface area contributed by atoms with Crippen LogP contribution in [0, 0.1) is 5.92 Å². The van der Waals surface area contributed by atoms with Crippen molar-refractivity contribution in [3.63, 3.8) is 0 Å². The normalized spacial score (nSPS) is 16.5. The summed E-state index contributed by atoms with van der Waals surface area (Å²) in [7, 11) is 0. The maximum absolute atomic E-state index is 13.7. The van der Waals surface area contributed by atoms with E-state index < -0.39 is 17.2 Å². The van der Waals surface area contributed by atoms with Gasteiger partial charge >= 0.3 is 6.03 Å². The summed E-state index contributed by atoms with van der Waals surface area (Å²) in [5.74, 6) is 0.0907. The number of rotatable bonds is 6. The van der Waals surface area contributed by atoms with Crippen LogP contribution < -0.4 is 16.6 Å². The minimum atomic E-state index is -0.896. The van der Waals surface area contributed by atoms with Crippen molar-refractivity contribution in [2.24, 2.45) is 11.7 Å². The molecule has 1 aliphatic carbocycles. The number of benzene rings is 1. The second-order valence-corrected chi connectivity index (χ2v) is 10.6. The van der Waals surface area contributed by atoms with E-state index in [1.165, 1.54) is 16.6 Å². The van der Waals surface area contributed by atoms with Gasteiger partial charge < -0.3 is 5.73 Å². The number of primary amides is 1. The molecule has 1 aromatic carbocycles. The van der Waals surface area contributed by atoms with E-state index in [0.29, 0.717) is 24.0 Å². The summed E-state index contributed by atoms with van der Waals surface area (Å²) < 4.78 is 1.68. The first-order valence-electron chi connectivity index (χ1n) is 10.7. The zero-order chi connectivity index (χ0) is 22.8. The molecule has 0 saturated carbocycles. The van der Waals surface area contributed by atoms with Crippen molar-refractivity contribution < 1.29 is 9.59 Å². The SMILES string of the molecule is C[C@H]1CCc2c(sc3nc(S[C@H](C)C(=O)NC(N)=O)n(CCc4ccccc4)c(=O)c23)C1. The number of thiophene rings is 1. The maximum atomic E-state index is 13.7. The minimum Gasteiger partial charge on any atom is -0.351 e. The molecular formula is C23H26N4O3S2. The number of urea groups is 1. The molecule has 2 heterocycles. The molecule has 0 radical (unpaired) electrons. The monoisotopic (exact) mass is 470 g/mol. The van der Waals surface area contributed by atoms with Gasteiger partial charge in [0.05, 0.1) is 10.6 Å². The molecule has 168 valence electrons. The van der Waals surface area contributed by atoms with Gasteiger partial charge in [0, 0.05) is 11.4 Å². The van der Waals surface area contributed by atoms with Crippen LogP contribution in [-0.2, 0) is 30.6 Å². The number of hydrogen-bond donors (Lipinski definition) is 2. The topological polar surface area (TPSA) is 107 Å². The lowest BCUT2D eigenvalue weighted by Crippen LogP contribution is -2.39. The Balaban J connectivity index is 1.74. The first-order chi connectivity index (χ1) is 15.3. The molecular weight excluding hydrogens is 444 g/mol. The van der Waals surface area contributed by atoms with E-state index in [4.69, 9.17) is 10.7 Å². The Bertz CT molecular complexity index is 1220. The fraction of sp³-hybridized carbons (Fsp3) is 0.391. The van der Waals surface area contributed by atoms with Gasteiger partial charge in [-0.25, -0.2) is 9.78 Å². The molecule has 3 amide bonds. The van der Waals surface area contributed by atoms with E-state index in [2.05, 4.69) is 12.2 Å². The van der Waals surface area contributed by atoms with Crippen LogP contribution in [0.3, 0.4) is 0 Å². The molecule has 7 nitrogen and oxygen atoms in total. The molecule has 9 heteroatoms. The van der Waals surface area contributed by atoms with Crippen LogP contribution in [-0.4, -0.2) is 26.7 Å². The van der Waals surface area contributed by atoms with Crippen LogP contribution in [0.1, 0.15) is 36.3 Å². The van der Waals surface area contributed by atoms with Crippen LogP contribution in [0.2, 0.25) is 0 Å². The summed E-state index contributed by atoms with van der Waals surface area (Å²) in [4.78, 5) is 43.8. The Morgan fingerprint density at radius 1 is 1.34 bits per heavy atom. The minimum absolute atomic E-state index is 0.0528. The largest absolute Gasteiger partial charge is 0.351 e. The predicted molar refractivity (Wildman–Crippen MR) is 128 cm³/mol. The second kappa shape index (κ2) is 9.46. The number of nitrogens with two attached hydrogens (primary N) is 1.